The lowest BCUT2D eigenvalue weighted by atomic mass is 10.0. The van der Waals surface area contributed by atoms with Crippen molar-refractivity contribution in [2.45, 2.75) is 19.0 Å². The number of alkyl halides is 3. The summed E-state index contributed by atoms with van der Waals surface area (Å²) in [5.41, 5.74) is -1.31. The van der Waals surface area contributed by atoms with Crippen molar-refractivity contribution >= 4 is 15.9 Å². The molecule has 0 saturated carbocycles. The van der Waals surface area contributed by atoms with Gasteiger partial charge in [-0.3, -0.25) is 0 Å². The van der Waals surface area contributed by atoms with Gasteiger partial charge in [0.2, 0.25) is 4.73 Å². The fraction of sp³-hybridized carbons (Fsp3) is 0.400. The van der Waals surface area contributed by atoms with Gasteiger partial charge in [-0.05, 0) is 22.0 Å². The molecule has 0 fully saturated rings. The Morgan fingerprint density at radius 2 is 2.05 bits per heavy atom. The van der Waals surface area contributed by atoms with Crippen molar-refractivity contribution < 1.29 is 22.3 Å². The maximum atomic E-state index is 13.2. The number of rotatable bonds is 2. The first-order valence-corrected chi connectivity index (χ1v) is 5.97. The van der Waals surface area contributed by atoms with E-state index in [2.05, 4.69) is 26.0 Å². The predicted octanol–water partition coefficient (Wildman–Crippen LogP) is 3.42. The average molecular weight is 342 g/mol. The first-order chi connectivity index (χ1) is 8.77. The van der Waals surface area contributed by atoms with Crippen LogP contribution in [0.15, 0.2) is 28.0 Å². The highest BCUT2D eigenvalue weighted by Crippen LogP contribution is 2.36. The largest absolute Gasteiger partial charge is 0.429 e. The third-order valence-corrected chi connectivity index (χ3v) is 2.75. The number of aromatic nitrogens is 3. The molecule has 0 spiro atoms. The lowest BCUT2D eigenvalue weighted by molar-refractivity contribution is -0.0908. The lowest BCUT2D eigenvalue weighted by Crippen LogP contribution is -2.16. The monoisotopic (exact) mass is 341 g/mol. The Kier molecular flexibility index (Phi) is 3.66. The van der Waals surface area contributed by atoms with Gasteiger partial charge in [-0.1, -0.05) is 0 Å². The van der Waals surface area contributed by atoms with Gasteiger partial charge in [0.25, 0.3) is 0 Å². The van der Waals surface area contributed by atoms with Gasteiger partial charge >= 0.3 is 12.2 Å². The van der Waals surface area contributed by atoms with Gasteiger partial charge < -0.3 is 4.74 Å². The average Bonchev–Trinajstić information content (AvgIpc) is 2.58. The van der Waals surface area contributed by atoms with Crippen LogP contribution in [0, 0.1) is 0 Å². The smallest absolute Gasteiger partial charge is 0.419 e. The molecule has 0 saturated heterocycles. The molecule has 0 radical (unpaired) electrons. The minimum atomic E-state index is -4.74. The van der Waals surface area contributed by atoms with E-state index >= 15 is 0 Å². The van der Waals surface area contributed by atoms with E-state index in [1.54, 1.807) is 0 Å². The summed E-state index contributed by atoms with van der Waals surface area (Å²) in [7, 11) is 1.53. The molecule has 0 N–H and O–H groups in total. The van der Waals surface area contributed by atoms with Crippen molar-refractivity contribution in [3.05, 3.63) is 28.0 Å². The summed E-state index contributed by atoms with van der Waals surface area (Å²) in [6, 6.07) is 0.0296. The normalized spacial score (nSPS) is 16.6. The van der Waals surface area contributed by atoms with Gasteiger partial charge in [0, 0.05) is 19.9 Å². The van der Waals surface area contributed by atoms with Gasteiger partial charge in [-0.25, -0.2) is 9.07 Å². The highest BCUT2D eigenvalue weighted by atomic mass is 79.9. The molecule has 1 aliphatic carbocycles. The Labute approximate surface area is 113 Å². The Morgan fingerprint density at radius 3 is 2.58 bits per heavy atom. The summed E-state index contributed by atoms with van der Waals surface area (Å²) in [6.07, 6.45) is -4.39. The van der Waals surface area contributed by atoms with Gasteiger partial charge in [-0.2, -0.15) is 18.2 Å². The number of ether oxygens (including phenoxy) is 1. The van der Waals surface area contributed by atoms with Crippen molar-refractivity contribution in [2.75, 3.05) is 0 Å². The van der Waals surface area contributed by atoms with Crippen LogP contribution in [0.4, 0.5) is 17.6 Å². The third-order valence-electron chi connectivity index (χ3n) is 2.41. The van der Waals surface area contributed by atoms with Crippen LogP contribution in [-0.2, 0) is 7.05 Å². The van der Waals surface area contributed by atoms with Crippen LogP contribution in [0.2, 0.25) is 0 Å². The van der Waals surface area contributed by atoms with Crippen LogP contribution in [0.1, 0.15) is 12.8 Å². The van der Waals surface area contributed by atoms with E-state index in [0.29, 0.717) is 6.08 Å². The Morgan fingerprint density at radius 1 is 1.37 bits per heavy atom. The second-order valence-corrected chi connectivity index (χ2v) is 4.53. The molecule has 1 aromatic heterocycles. The van der Waals surface area contributed by atoms with Crippen molar-refractivity contribution in [1.82, 2.24) is 14.8 Å². The summed E-state index contributed by atoms with van der Waals surface area (Å²) in [5.74, 6) is -1.18. The molecule has 1 heterocycles. The van der Waals surface area contributed by atoms with E-state index in [0.717, 1.165) is 0 Å². The number of nitrogens with zero attached hydrogens (tertiary/aromatic N) is 3. The van der Waals surface area contributed by atoms with Crippen LogP contribution in [0.3, 0.4) is 0 Å². The molecule has 1 aromatic rings. The summed E-state index contributed by atoms with van der Waals surface area (Å²) < 4.78 is 57.5. The molecule has 4 nitrogen and oxygen atoms in total. The summed E-state index contributed by atoms with van der Waals surface area (Å²) >= 11 is 3.01. The number of hydrogen-bond acceptors (Lipinski definition) is 3. The van der Waals surface area contributed by atoms with Crippen LogP contribution in [0.25, 0.3) is 0 Å². The summed E-state index contributed by atoms with van der Waals surface area (Å²) in [4.78, 5) is 3.82. The molecule has 0 aliphatic heterocycles. The molecular weight excluding hydrogens is 334 g/mol. The first kappa shape index (κ1) is 14.0. The van der Waals surface area contributed by atoms with Crippen LogP contribution < -0.4 is 4.74 Å². The standard InChI is InChI=1S/C10H8BrF4N3O/c1-18-9(16-8(11)17-18)19-5-2-3-7(12)6(4-5)10(13,14)15/h4H,2-3H2,1H3. The van der Waals surface area contributed by atoms with Crippen molar-refractivity contribution in [3.63, 3.8) is 0 Å². The summed E-state index contributed by atoms with van der Waals surface area (Å²) in [5, 5.41) is 3.82. The van der Waals surface area contributed by atoms with E-state index in [-0.39, 0.29) is 29.3 Å². The molecule has 104 valence electrons. The molecule has 1 aliphatic rings. The third kappa shape index (κ3) is 3.14. The molecule has 2 rings (SSSR count). The molecule has 19 heavy (non-hydrogen) atoms. The van der Waals surface area contributed by atoms with E-state index in [1.807, 2.05) is 0 Å². The second kappa shape index (κ2) is 4.95. The number of hydrogen-bond donors (Lipinski definition) is 0. The Bertz CT molecular complexity index is 562. The number of halogens is 5. The van der Waals surface area contributed by atoms with Gasteiger partial charge in [0.1, 0.15) is 11.6 Å². The Hall–Kier alpha value is -1.38. The molecule has 0 bridgehead atoms. The van der Waals surface area contributed by atoms with Crippen molar-refractivity contribution in [1.29, 1.82) is 0 Å². The van der Waals surface area contributed by atoms with E-state index in [4.69, 9.17) is 4.74 Å². The van der Waals surface area contributed by atoms with E-state index in [1.165, 1.54) is 11.7 Å². The fourth-order valence-electron chi connectivity index (χ4n) is 1.54. The van der Waals surface area contributed by atoms with Gasteiger partial charge in [-0.15, -0.1) is 5.10 Å². The Balaban J connectivity index is 2.25. The number of allylic oxidation sites excluding steroid dienone is 4. The highest BCUT2D eigenvalue weighted by molar-refractivity contribution is 9.10. The van der Waals surface area contributed by atoms with Crippen molar-refractivity contribution in [3.8, 4) is 6.01 Å². The highest BCUT2D eigenvalue weighted by Gasteiger charge is 2.37. The molecule has 0 amide bonds. The minimum absolute atomic E-state index is 0.00303. The zero-order chi connectivity index (χ0) is 14.2. The molecule has 9 heteroatoms. The van der Waals surface area contributed by atoms with Crippen molar-refractivity contribution in [2.24, 2.45) is 7.05 Å². The maximum Gasteiger partial charge on any atom is 0.419 e. The minimum Gasteiger partial charge on any atom is -0.429 e. The number of aryl methyl sites for hydroxylation is 1. The van der Waals surface area contributed by atoms with Gasteiger partial charge in [0.15, 0.2) is 0 Å². The lowest BCUT2D eigenvalue weighted by Gasteiger charge is -2.17. The topological polar surface area (TPSA) is 39.9 Å². The maximum absolute atomic E-state index is 13.2. The summed E-state index contributed by atoms with van der Waals surface area (Å²) in [6.45, 7) is 0. The molecular formula is C10H8BrF4N3O. The molecule has 0 atom stereocenters. The second-order valence-electron chi connectivity index (χ2n) is 3.82. The van der Waals surface area contributed by atoms with Crippen LogP contribution in [0.5, 0.6) is 6.01 Å². The first-order valence-electron chi connectivity index (χ1n) is 5.18. The van der Waals surface area contributed by atoms with E-state index in [9.17, 15) is 17.6 Å². The molecule has 0 unspecified atom stereocenters. The van der Waals surface area contributed by atoms with Crippen LogP contribution in [-0.4, -0.2) is 20.9 Å². The van der Waals surface area contributed by atoms with Crippen LogP contribution >= 0.6 is 15.9 Å². The van der Waals surface area contributed by atoms with Gasteiger partial charge in [0.05, 0.1) is 5.57 Å². The quantitative estimate of drug-likeness (QED) is 0.774. The zero-order valence-corrected chi connectivity index (χ0v) is 11.2. The fourth-order valence-corrected chi connectivity index (χ4v) is 1.93. The zero-order valence-electron chi connectivity index (χ0n) is 9.63. The van der Waals surface area contributed by atoms with E-state index < -0.39 is 17.6 Å². The SMILES string of the molecule is Cn1nc(Br)nc1OC1=CC(C(F)(F)F)=C(F)CC1. The predicted molar refractivity (Wildman–Crippen MR) is 60.8 cm³/mol. The molecule has 0 aromatic carbocycles.